The number of hydrogen-bond donors (Lipinski definition) is 1. The Morgan fingerprint density at radius 1 is 0.439 bits per heavy atom. The van der Waals surface area contributed by atoms with E-state index in [-0.39, 0.29) is 5.75 Å². The second-order valence-corrected chi connectivity index (χ2v) is 12.4. The number of rotatable bonds is 3. The van der Waals surface area contributed by atoms with E-state index >= 15 is 0 Å². The van der Waals surface area contributed by atoms with E-state index in [1.807, 2.05) is 48.5 Å². The van der Waals surface area contributed by atoms with Crippen molar-refractivity contribution in [3.05, 3.63) is 168 Å². The van der Waals surface area contributed by atoms with E-state index in [2.05, 4.69) is 91.0 Å². The summed E-state index contributed by atoms with van der Waals surface area (Å²) in [6.07, 6.45) is 0. The maximum absolute atomic E-state index is 11.7. The van der Waals surface area contributed by atoms with E-state index in [0.29, 0.717) is 5.75 Å². The third-order valence-corrected chi connectivity index (χ3v) is 10.5. The molecule has 1 atom stereocenters. The van der Waals surface area contributed by atoms with E-state index in [9.17, 15) is 5.11 Å². The summed E-state index contributed by atoms with van der Waals surface area (Å²) in [6, 6.07) is 49.7. The molecule has 0 amide bonds. The number of phenolic OH excluding ortho intramolecular Hbond substituents is 1. The van der Waals surface area contributed by atoms with Crippen LogP contribution in [0.2, 0.25) is 0 Å². The minimum Gasteiger partial charge on any atom is -0.507 e. The molecule has 2 heterocycles. The van der Waals surface area contributed by atoms with Gasteiger partial charge in [0, 0.05) is 16.7 Å². The summed E-state index contributed by atoms with van der Waals surface area (Å²) in [5, 5.41) is 15.4. The largest absolute Gasteiger partial charge is 0.507 e. The Morgan fingerprint density at radius 3 is 1.49 bits per heavy atom. The van der Waals surface area contributed by atoms with E-state index in [1.54, 1.807) is 6.07 Å². The molecule has 6 aromatic carbocycles. The van der Waals surface area contributed by atoms with Gasteiger partial charge < -0.3 is 14.6 Å². The number of para-hydroxylation sites is 2. The minimum absolute atomic E-state index is 0.193. The minimum atomic E-state index is -0.991. The van der Waals surface area contributed by atoms with Crippen molar-refractivity contribution in [3.8, 4) is 28.7 Å². The van der Waals surface area contributed by atoms with Gasteiger partial charge in [-0.2, -0.15) is 0 Å². The topological polar surface area (TPSA) is 38.7 Å². The number of benzene rings is 6. The van der Waals surface area contributed by atoms with Crippen LogP contribution in [0.15, 0.2) is 146 Å². The predicted molar refractivity (Wildman–Crippen MR) is 165 cm³/mol. The van der Waals surface area contributed by atoms with Gasteiger partial charge in [0.25, 0.3) is 0 Å². The Kier molecular flexibility index (Phi) is 5.48. The van der Waals surface area contributed by atoms with Crippen molar-refractivity contribution in [3.63, 3.8) is 0 Å². The Labute approximate surface area is 240 Å². The smallest absolute Gasteiger partial charge is 0.135 e. The van der Waals surface area contributed by atoms with Gasteiger partial charge in [-0.15, -0.1) is 0 Å². The molecule has 2 aliphatic rings. The highest BCUT2D eigenvalue weighted by Gasteiger charge is 2.53. The van der Waals surface area contributed by atoms with Gasteiger partial charge in [0.05, 0.1) is 11.0 Å². The maximum atomic E-state index is 11.7. The SMILES string of the molecule is Oc1cccc2c1[C@]1(c3ccccc3O2)c2ccccc2Oc2cccc(P(c3ccccc3)c3ccccc3)c21. The van der Waals surface area contributed by atoms with Crippen LogP contribution in [0.5, 0.6) is 28.7 Å². The van der Waals surface area contributed by atoms with Crippen molar-refractivity contribution >= 4 is 23.8 Å². The van der Waals surface area contributed by atoms with Crippen LogP contribution in [0, 0.1) is 0 Å². The normalized spacial score (nSPS) is 16.1. The summed E-state index contributed by atoms with van der Waals surface area (Å²) < 4.78 is 13.2. The lowest BCUT2D eigenvalue weighted by Gasteiger charge is -2.46. The molecule has 1 N–H and O–H groups in total. The van der Waals surface area contributed by atoms with Crippen molar-refractivity contribution in [2.75, 3.05) is 0 Å². The molecule has 0 unspecified atom stereocenters. The van der Waals surface area contributed by atoms with Crippen LogP contribution in [-0.4, -0.2) is 5.11 Å². The number of hydrogen-bond acceptors (Lipinski definition) is 3. The standard InChI is InChI=1S/C37H25O3P/c38-29-19-11-22-32-35(29)37(27-17-7-9-20-30(27)39-32)28-18-8-10-21-31(28)40-33-23-12-24-34(36(33)37)41(25-13-3-1-4-14-25)26-15-5-2-6-16-26/h1-24,38H/t37-/m0/s1. The van der Waals surface area contributed by atoms with Gasteiger partial charge in [0.15, 0.2) is 0 Å². The molecule has 1 spiro atoms. The zero-order valence-corrected chi connectivity index (χ0v) is 23.0. The van der Waals surface area contributed by atoms with Crippen LogP contribution in [0.3, 0.4) is 0 Å². The molecule has 0 saturated heterocycles. The third-order valence-electron chi connectivity index (χ3n) is 8.05. The second-order valence-electron chi connectivity index (χ2n) is 10.3. The third kappa shape index (κ3) is 3.49. The number of phenols is 1. The Bertz CT molecular complexity index is 1840. The first kappa shape index (κ1) is 24.0. The lowest BCUT2D eigenvalue weighted by atomic mass is 9.62. The van der Waals surface area contributed by atoms with Crippen LogP contribution >= 0.6 is 7.92 Å². The molecule has 196 valence electrons. The molecule has 0 fully saturated rings. The van der Waals surface area contributed by atoms with Crippen LogP contribution in [-0.2, 0) is 5.41 Å². The Morgan fingerprint density at radius 2 is 0.902 bits per heavy atom. The van der Waals surface area contributed by atoms with Crippen LogP contribution in [0.25, 0.3) is 0 Å². The molecular formula is C37H25O3P. The van der Waals surface area contributed by atoms with Crippen LogP contribution in [0.1, 0.15) is 22.3 Å². The van der Waals surface area contributed by atoms with Gasteiger partial charge in [0.1, 0.15) is 28.7 Å². The van der Waals surface area contributed by atoms with E-state index < -0.39 is 13.3 Å². The van der Waals surface area contributed by atoms with Gasteiger partial charge >= 0.3 is 0 Å². The first-order valence-corrected chi connectivity index (χ1v) is 15.0. The quantitative estimate of drug-likeness (QED) is 0.230. The monoisotopic (exact) mass is 548 g/mol. The molecule has 0 saturated carbocycles. The first-order chi connectivity index (χ1) is 20.3. The Hall–Kier alpha value is -4.85. The fourth-order valence-corrected chi connectivity index (χ4v) is 9.04. The Balaban J connectivity index is 1.56. The maximum Gasteiger partial charge on any atom is 0.135 e. The lowest BCUT2D eigenvalue weighted by Crippen LogP contribution is -2.41. The fraction of sp³-hybridized carbons (Fsp3) is 0.0270. The summed E-state index contributed by atoms with van der Waals surface area (Å²) in [6.45, 7) is 0. The van der Waals surface area contributed by atoms with Gasteiger partial charge in [-0.3, -0.25) is 0 Å². The van der Waals surface area contributed by atoms with Crippen LogP contribution in [0.4, 0.5) is 0 Å². The molecule has 0 aliphatic carbocycles. The summed E-state index contributed by atoms with van der Waals surface area (Å²) >= 11 is 0. The summed E-state index contributed by atoms with van der Waals surface area (Å²) in [5.41, 5.74) is 2.86. The molecular weight excluding hydrogens is 523 g/mol. The average molecular weight is 549 g/mol. The lowest BCUT2D eigenvalue weighted by molar-refractivity contribution is 0.383. The van der Waals surface area contributed by atoms with E-state index in [4.69, 9.17) is 9.47 Å². The fourth-order valence-electron chi connectivity index (χ4n) is 6.51. The molecule has 2 aliphatic heterocycles. The van der Waals surface area contributed by atoms with Crippen molar-refractivity contribution in [2.24, 2.45) is 0 Å². The van der Waals surface area contributed by atoms with Gasteiger partial charge in [0.2, 0.25) is 0 Å². The molecule has 41 heavy (non-hydrogen) atoms. The summed E-state index contributed by atoms with van der Waals surface area (Å²) in [7, 11) is -0.991. The second kappa shape index (κ2) is 9.37. The van der Waals surface area contributed by atoms with Crippen LogP contribution < -0.4 is 25.4 Å². The summed E-state index contributed by atoms with van der Waals surface area (Å²) in [4.78, 5) is 0. The number of fused-ring (bicyclic) bond motifs is 8. The van der Waals surface area contributed by atoms with Gasteiger partial charge in [-0.1, -0.05) is 115 Å². The highest BCUT2D eigenvalue weighted by Crippen LogP contribution is 2.63. The molecule has 0 radical (unpaired) electrons. The zero-order valence-electron chi connectivity index (χ0n) is 22.1. The predicted octanol–water partition coefficient (Wildman–Crippen LogP) is 7.74. The van der Waals surface area contributed by atoms with Gasteiger partial charge in [-0.25, -0.2) is 0 Å². The molecule has 0 aromatic heterocycles. The first-order valence-electron chi connectivity index (χ1n) is 13.7. The molecule has 8 rings (SSSR count). The highest BCUT2D eigenvalue weighted by atomic mass is 31.1. The van der Waals surface area contributed by atoms with E-state index in [0.717, 1.165) is 39.5 Å². The van der Waals surface area contributed by atoms with Crippen molar-refractivity contribution < 1.29 is 14.6 Å². The zero-order chi connectivity index (χ0) is 27.4. The van der Waals surface area contributed by atoms with Crippen molar-refractivity contribution in [2.45, 2.75) is 5.41 Å². The molecule has 3 nitrogen and oxygen atoms in total. The van der Waals surface area contributed by atoms with Gasteiger partial charge in [-0.05, 0) is 54.2 Å². The van der Waals surface area contributed by atoms with Crippen molar-refractivity contribution in [1.82, 2.24) is 0 Å². The molecule has 6 aromatic rings. The highest BCUT2D eigenvalue weighted by molar-refractivity contribution is 7.80. The van der Waals surface area contributed by atoms with Crippen molar-refractivity contribution in [1.29, 1.82) is 0 Å². The average Bonchev–Trinajstić information content (AvgIpc) is 3.02. The molecule has 0 bridgehead atoms. The number of aromatic hydroxyl groups is 1. The summed E-state index contributed by atoms with van der Waals surface area (Å²) in [5.74, 6) is 3.16. The molecule has 4 heteroatoms. The van der Waals surface area contributed by atoms with E-state index in [1.165, 1.54) is 15.9 Å². The number of ether oxygens (including phenoxy) is 2.